The van der Waals surface area contributed by atoms with E-state index >= 15 is 0 Å². The van der Waals surface area contributed by atoms with Crippen molar-refractivity contribution < 1.29 is 19.1 Å². The highest BCUT2D eigenvalue weighted by Gasteiger charge is 2.38. The lowest BCUT2D eigenvalue weighted by atomic mass is 10.1. The molecule has 140 valence electrons. The second-order valence-corrected chi connectivity index (χ2v) is 6.98. The van der Waals surface area contributed by atoms with Gasteiger partial charge in [0.15, 0.2) is 5.13 Å². The fourth-order valence-corrected chi connectivity index (χ4v) is 3.68. The third-order valence-corrected chi connectivity index (χ3v) is 5.19. The van der Waals surface area contributed by atoms with Crippen LogP contribution in [-0.4, -0.2) is 29.8 Å². The van der Waals surface area contributed by atoms with E-state index in [9.17, 15) is 14.4 Å². The summed E-state index contributed by atoms with van der Waals surface area (Å²) in [6, 6.07) is 11.2. The van der Waals surface area contributed by atoms with Gasteiger partial charge < -0.3 is 4.74 Å². The number of amides is 3. The largest absolute Gasteiger partial charge is 0.495 e. The van der Waals surface area contributed by atoms with Crippen LogP contribution in [0.4, 0.5) is 10.8 Å². The minimum Gasteiger partial charge on any atom is -0.495 e. The lowest BCUT2D eigenvalue weighted by Gasteiger charge is -2.16. The van der Waals surface area contributed by atoms with Crippen LogP contribution in [0.25, 0.3) is 0 Å². The zero-order valence-corrected chi connectivity index (χ0v) is 15.9. The number of aryl methyl sites for hydroxylation is 1. The zero-order valence-electron chi connectivity index (χ0n) is 15.1. The number of para-hydroxylation sites is 2. The van der Waals surface area contributed by atoms with Gasteiger partial charge >= 0.3 is 0 Å². The molecule has 2 heterocycles. The number of benzene rings is 2. The van der Waals surface area contributed by atoms with Crippen molar-refractivity contribution >= 4 is 39.9 Å². The van der Waals surface area contributed by atoms with Gasteiger partial charge in [0.25, 0.3) is 17.7 Å². The summed E-state index contributed by atoms with van der Waals surface area (Å²) in [5.74, 6) is -0.932. The van der Waals surface area contributed by atoms with Gasteiger partial charge in [0, 0.05) is 10.9 Å². The summed E-state index contributed by atoms with van der Waals surface area (Å²) in [6.45, 7) is 1.83. The molecule has 1 aliphatic heterocycles. The van der Waals surface area contributed by atoms with Crippen LogP contribution >= 0.6 is 11.3 Å². The van der Waals surface area contributed by atoms with E-state index in [1.165, 1.54) is 36.6 Å². The van der Waals surface area contributed by atoms with Gasteiger partial charge in [-0.15, -0.1) is 11.3 Å². The number of hydrogen-bond donors (Lipinski definition) is 1. The number of rotatable bonds is 4. The van der Waals surface area contributed by atoms with Crippen molar-refractivity contribution in [1.29, 1.82) is 0 Å². The molecule has 0 saturated carbocycles. The summed E-state index contributed by atoms with van der Waals surface area (Å²) >= 11 is 1.31. The van der Waals surface area contributed by atoms with E-state index in [1.54, 1.807) is 24.3 Å². The van der Waals surface area contributed by atoms with E-state index in [4.69, 9.17) is 4.74 Å². The van der Waals surface area contributed by atoms with Crippen molar-refractivity contribution in [3.05, 3.63) is 70.2 Å². The SMILES string of the molecule is COc1ccccc1N1C(=O)c2ccc(C(=O)Nc3nc(C)cs3)cc2C1=O. The number of thiazole rings is 1. The Labute approximate surface area is 164 Å². The number of nitrogens with zero attached hydrogens (tertiary/aromatic N) is 2. The number of fused-ring (bicyclic) bond motifs is 1. The van der Waals surface area contributed by atoms with Crippen LogP contribution in [-0.2, 0) is 0 Å². The van der Waals surface area contributed by atoms with Crippen molar-refractivity contribution in [2.75, 3.05) is 17.3 Å². The van der Waals surface area contributed by atoms with Gasteiger partial charge in [0.05, 0.1) is 29.6 Å². The van der Waals surface area contributed by atoms with Crippen LogP contribution in [0, 0.1) is 6.92 Å². The predicted octanol–water partition coefficient (Wildman–Crippen LogP) is 3.51. The van der Waals surface area contributed by atoms with Gasteiger partial charge in [0.1, 0.15) is 5.75 Å². The van der Waals surface area contributed by atoms with Gasteiger partial charge in [0.2, 0.25) is 0 Å². The molecule has 1 N–H and O–H groups in total. The van der Waals surface area contributed by atoms with Crippen LogP contribution in [0.2, 0.25) is 0 Å². The molecule has 0 atom stereocenters. The minimum absolute atomic E-state index is 0.180. The summed E-state index contributed by atoms with van der Waals surface area (Å²) < 4.78 is 5.27. The van der Waals surface area contributed by atoms with E-state index in [2.05, 4.69) is 10.3 Å². The Hall–Kier alpha value is -3.52. The first kappa shape index (κ1) is 17.9. The molecule has 8 heteroatoms. The molecule has 3 amide bonds. The number of carbonyl (C=O) groups is 3. The van der Waals surface area contributed by atoms with E-state index in [0.717, 1.165) is 10.6 Å². The summed E-state index contributed by atoms with van der Waals surface area (Å²) in [7, 11) is 1.47. The third kappa shape index (κ3) is 2.93. The lowest BCUT2D eigenvalue weighted by molar-refractivity contribution is 0.0924. The second-order valence-electron chi connectivity index (χ2n) is 6.13. The molecule has 0 aliphatic carbocycles. The first-order valence-corrected chi connectivity index (χ1v) is 9.27. The van der Waals surface area contributed by atoms with E-state index < -0.39 is 17.7 Å². The standard InChI is InChI=1S/C20H15N3O4S/c1-11-10-28-20(21-11)22-17(24)12-7-8-13-14(9-12)19(26)23(18(13)25)15-5-3-4-6-16(15)27-2/h3-10H,1-2H3,(H,21,22,24). The molecule has 0 fully saturated rings. The topological polar surface area (TPSA) is 88.6 Å². The molecule has 3 aromatic rings. The van der Waals surface area contributed by atoms with Gasteiger partial charge in [-0.05, 0) is 37.3 Å². The van der Waals surface area contributed by atoms with Crippen LogP contribution in [0.1, 0.15) is 36.8 Å². The molecule has 0 saturated heterocycles. The van der Waals surface area contributed by atoms with Crippen LogP contribution in [0.15, 0.2) is 47.8 Å². The Morgan fingerprint density at radius 3 is 2.57 bits per heavy atom. The van der Waals surface area contributed by atoms with Gasteiger partial charge in [-0.2, -0.15) is 0 Å². The maximum atomic E-state index is 12.9. The molecule has 4 rings (SSSR count). The Kier molecular flexibility index (Phi) is 4.40. The van der Waals surface area contributed by atoms with Crippen molar-refractivity contribution in [2.45, 2.75) is 6.92 Å². The number of aromatic nitrogens is 1. The molecule has 0 spiro atoms. The number of hydrogen-bond acceptors (Lipinski definition) is 6. The smallest absolute Gasteiger partial charge is 0.266 e. The normalized spacial score (nSPS) is 12.9. The number of ether oxygens (including phenoxy) is 1. The number of carbonyl (C=O) groups excluding carboxylic acids is 3. The molecule has 1 aromatic heterocycles. The fourth-order valence-electron chi connectivity index (χ4n) is 3.00. The molecular weight excluding hydrogens is 378 g/mol. The van der Waals surface area contributed by atoms with Gasteiger partial charge in [-0.25, -0.2) is 9.88 Å². The lowest BCUT2D eigenvalue weighted by Crippen LogP contribution is -2.29. The number of imide groups is 1. The molecule has 1 aliphatic rings. The molecule has 0 bridgehead atoms. The Morgan fingerprint density at radius 1 is 1.11 bits per heavy atom. The highest BCUT2D eigenvalue weighted by atomic mass is 32.1. The van der Waals surface area contributed by atoms with Gasteiger partial charge in [-0.1, -0.05) is 12.1 Å². The first-order chi connectivity index (χ1) is 13.5. The third-order valence-electron chi connectivity index (χ3n) is 4.31. The highest BCUT2D eigenvalue weighted by Crippen LogP contribution is 2.35. The van der Waals surface area contributed by atoms with Crippen LogP contribution in [0.3, 0.4) is 0 Å². The number of methoxy groups -OCH3 is 1. The second kappa shape index (κ2) is 6.90. The molecule has 0 unspecified atom stereocenters. The Morgan fingerprint density at radius 2 is 1.86 bits per heavy atom. The van der Waals surface area contributed by atoms with Crippen LogP contribution < -0.4 is 15.0 Å². The van der Waals surface area contributed by atoms with Gasteiger partial charge in [-0.3, -0.25) is 19.7 Å². The van der Waals surface area contributed by atoms with E-state index in [-0.39, 0.29) is 16.7 Å². The van der Waals surface area contributed by atoms with Crippen molar-refractivity contribution in [1.82, 2.24) is 4.98 Å². The first-order valence-electron chi connectivity index (χ1n) is 8.39. The summed E-state index contributed by atoms with van der Waals surface area (Å²) in [4.78, 5) is 43.5. The summed E-state index contributed by atoms with van der Waals surface area (Å²) in [5.41, 5.74) is 1.87. The fraction of sp³-hybridized carbons (Fsp3) is 0.100. The predicted molar refractivity (Wildman–Crippen MR) is 105 cm³/mol. The zero-order chi connectivity index (χ0) is 19.8. The molecule has 7 nitrogen and oxygen atoms in total. The summed E-state index contributed by atoms with van der Waals surface area (Å²) in [6.07, 6.45) is 0. The number of anilines is 2. The maximum absolute atomic E-state index is 12.9. The average Bonchev–Trinajstić information content (AvgIpc) is 3.22. The van der Waals surface area contributed by atoms with E-state index in [0.29, 0.717) is 16.6 Å². The molecule has 2 aromatic carbocycles. The van der Waals surface area contributed by atoms with Crippen molar-refractivity contribution in [3.63, 3.8) is 0 Å². The Balaban J connectivity index is 1.66. The molecule has 28 heavy (non-hydrogen) atoms. The van der Waals surface area contributed by atoms with Crippen molar-refractivity contribution in [3.8, 4) is 5.75 Å². The maximum Gasteiger partial charge on any atom is 0.266 e. The minimum atomic E-state index is -0.496. The quantitative estimate of drug-likeness (QED) is 0.685. The van der Waals surface area contributed by atoms with Crippen molar-refractivity contribution in [2.24, 2.45) is 0 Å². The Bertz CT molecular complexity index is 1120. The molecule has 0 radical (unpaired) electrons. The molecular formula is C20H15N3O4S. The number of nitrogens with one attached hydrogen (secondary N) is 1. The highest BCUT2D eigenvalue weighted by molar-refractivity contribution is 7.13. The average molecular weight is 393 g/mol. The van der Waals surface area contributed by atoms with E-state index in [1.807, 2.05) is 12.3 Å². The monoisotopic (exact) mass is 393 g/mol. The summed E-state index contributed by atoms with van der Waals surface area (Å²) in [5, 5.41) is 4.99. The van der Waals surface area contributed by atoms with Crippen LogP contribution in [0.5, 0.6) is 5.75 Å².